The summed E-state index contributed by atoms with van der Waals surface area (Å²) in [4.78, 5) is 10.9. The van der Waals surface area contributed by atoms with E-state index in [9.17, 15) is 0 Å². The number of aromatic nitrogens is 2. The van der Waals surface area contributed by atoms with Gasteiger partial charge in [-0.1, -0.05) is 36.0 Å². The minimum atomic E-state index is 0.615. The fourth-order valence-electron chi connectivity index (χ4n) is 2.26. The number of hydrogen-bond acceptors (Lipinski definition) is 4. The first kappa shape index (κ1) is 14.6. The number of benzene rings is 2. The van der Waals surface area contributed by atoms with E-state index in [2.05, 4.69) is 65.5 Å². The number of aryl methyl sites for hydroxylation is 2. The lowest BCUT2D eigenvalue weighted by atomic mass is 10.1. The smallest absolute Gasteiger partial charge is 0.227 e. The summed E-state index contributed by atoms with van der Waals surface area (Å²) in [5.74, 6) is 0.615. The lowest BCUT2D eigenvalue weighted by Gasteiger charge is -2.14. The maximum absolute atomic E-state index is 4.25. The Labute approximate surface area is 134 Å². The van der Waals surface area contributed by atoms with Crippen LogP contribution in [-0.2, 0) is 0 Å². The minimum Gasteiger partial charge on any atom is -0.323 e. The Balaban J connectivity index is 1.97. The Morgan fingerprint density at radius 3 is 2.36 bits per heavy atom. The highest BCUT2D eigenvalue weighted by Gasteiger charge is 2.10. The molecule has 0 atom stereocenters. The molecule has 0 amide bonds. The van der Waals surface area contributed by atoms with Crippen LogP contribution in [0.25, 0.3) is 0 Å². The maximum atomic E-state index is 4.25. The van der Waals surface area contributed by atoms with Crippen LogP contribution in [-0.4, -0.2) is 9.97 Å². The van der Waals surface area contributed by atoms with Crippen molar-refractivity contribution in [3.05, 3.63) is 72.1 Å². The highest BCUT2D eigenvalue weighted by Crippen LogP contribution is 2.37. The first-order chi connectivity index (χ1) is 10.7. The summed E-state index contributed by atoms with van der Waals surface area (Å²) in [6, 6.07) is 16.5. The lowest BCUT2D eigenvalue weighted by molar-refractivity contribution is 1.15. The highest BCUT2D eigenvalue weighted by atomic mass is 32.2. The molecule has 1 heterocycles. The van der Waals surface area contributed by atoms with Gasteiger partial charge in [0.05, 0.1) is 5.69 Å². The van der Waals surface area contributed by atoms with Gasteiger partial charge in [0.25, 0.3) is 0 Å². The monoisotopic (exact) mass is 307 g/mol. The van der Waals surface area contributed by atoms with E-state index in [0.717, 1.165) is 5.69 Å². The predicted octanol–water partition coefficient (Wildman–Crippen LogP) is 4.99. The fraction of sp³-hybridized carbons (Fsp3) is 0.111. The fourth-order valence-corrected chi connectivity index (χ4v) is 3.37. The summed E-state index contributed by atoms with van der Waals surface area (Å²) >= 11 is 1.74. The quantitative estimate of drug-likeness (QED) is 0.737. The molecule has 4 heteroatoms. The summed E-state index contributed by atoms with van der Waals surface area (Å²) in [6.07, 6.45) is 3.48. The molecule has 0 fully saturated rings. The first-order valence-electron chi connectivity index (χ1n) is 7.10. The van der Waals surface area contributed by atoms with Gasteiger partial charge in [0.2, 0.25) is 5.95 Å². The van der Waals surface area contributed by atoms with Crippen molar-refractivity contribution in [3.8, 4) is 0 Å². The summed E-state index contributed by atoms with van der Waals surface area (Å²) in [6.45, 7) is 4.22. The number of anilines is 2. The van der Waals surface area contributed by atoms with E-state index in [0.29, 0.717) is 5.95 Å². The molecule has 0 saturated heterocycles. The largest absolute Gasteiger partial charge is 0.323 e. The third-order valence-corrected chi connectivity index (χ3v) is 4.27. The molecule has 2 aromatic carbocycles. The molecule has 0 saturated carbocycles. The first-order valence-corrected chi connectivity index (χ1v) is 7.92. The van der Waals surface area contributed by atoms with Gasteiger partial charge < -0.3 is 5.32 Å². The van der Waals surface area contributed by atoms with Crippen molar-refractivity contribution >= 4 is 23.4 Å². The number of hydrogen-bond donors (Lipinski definition) is 1. The van der Waals surface area contributed by atoms with Gasteiger partial charge in [0.15, 0.2) is 0 Å². The molecule has 0 radical (unpaired) electrons. The molecule has 0 spiro atoms. The number of nitrogens with zero attached hydrogens (tertiary/aromatic N) is 2. The molecule has 110 valence electrons. The van der Waals surface area contributed by atoms with Gasteiger partial charge in [0, 0.05) is 22.2 Å². The summed E-state index contributed by atoms with van der Waals surface area (Å²) in [7, 11) is 0. The van der Waals surface area contributed by atoms with Crippen molar-refractivity contribution in [2.24, 2.45) is 0 Å². The Bertz CT molecular complexity index is 758. The van der Waals surface area contributed by atoms with Crippen LogP contribution in [0.15, 0.2) is 70.7 Å². The van der Waals surface area contributed by atoms with Crippen LogP contribution in [0, 0.1) is 13.8 Å². The normalized spacial score (nSPS) is 10.5. The zero-order chi connectivity index (χ0) is 15.4. The van der Waals surface area contributed by atoms with Gasteiger partial charge in [-0.3, -0.25) is 0 Å². The molecule has 1 aromatic heterocycles. The Hall–Kier alpha value is -2.33. The second-order valence-corrected chi connectivity index (χ2v) is 6.18. The molecular weight excluding hydrogens is 290 g/mol. The van der Waals surface area contributed by atoms with Gasteiger partial charge in [-0.25, -0.2) is 9.97 Å². The Kier molecular flexibility index (Phi) is 4.39. The molecule has 0 aliphatic carbocycles. The molecule has 22 heavy (non-hydrogen) atoms. The van der Waals surface area contributed by atoms with Crippen molar-refractivity contribution in [3.63, 3.8) is 0 Å². The molecule has 3 nitrogen and oxygen atoms in total. The van der Waals surface area contributed by atoms with Crippen LogP contribution in [0.3, 0.4) is 0 Å². The van der Waals surface area contributed by atoms with Gasteiger partial charge in [0.1, 0.15) is 0 Å². The Morgan fingerprint density at radius 1 is 0.909 bits per heavy atom. The lowest BCUT2D eigenvalue weighted by Crippen LogP contribution is -2.00. The maximum Gasteiger partial charge on any atom is 0.227 e. The summed E-state index contributed by atoms with van der Waals surface area (Å²) in [5, 5.41) is 3.35. The second kappa shape index (κ2) is 6.62. The number of rotatable bonds is 4. The van der Waals surface area contributed by atoms with Crippen LogP contribution in [0.4, 0.5) is 11.6 Å². The van der Waals surface area contributed by atoms with Crippen molar-refractivity contribution in [2.75, 3.05) is 5.32 Å². The summed E-state index contributed by atoms with van der Waals surface area (Å²) in [5.41, 5.74) is 3.49. The number of nitrogens with one attached hydrogen (secondary N) is 1. The van der Waals surface area contributed by atoms with E-state index in [1.807, 2.05) is 12.1 Å². The Morgan fingerprint density at radius 2 is 1.64 bits per heavy atom. The zero-order valence-electron chi connectivity index (χ0n) is 12.6. The van der Waals surface area contributed by atoms with Crippen molar-refractivity contribution in [1.29, 1.82) is 0 Å². The standard InChI is InChI=1S/C18H17N3S/c1-13-11-14(2)17(21-18-19-9-6-10-20-18)16(12-13)22-15-7-4-3-5-8-15/h3-12H,1-2H3,(H,19,20,21). The SMILES string of the molecule is Cc1cc(C)c(Nc2ncccn2)c(Sc2ccccc2)c1. The van der Waals surface area contributed by atoms with Gasteiger partial charge in [-0.15, -0.1) is 0 Å². The van der Waals surface area contributed by atoms with E-state index in [1.165, 1.54) is 20.9 Å². The molecule has 3 rings (SSSR count). The van der Waals surface area contributed by atoms with E-state index in [4.69, 9.17) is 0 Å². The highest BCUT2D eigenvalue weighted by molar-refractivity contribution is 7.99. The van der Waals surface area contributed by atoms with E-state index in [1.54, 1.807) is 24.2 Å². The van der Waals surface area contributed by atoms with Gasteiger partial charge in [-0.2, -0.15) is 0 Å². The van der Waals surface area contributed by atoms with E-state index < -0.39 is 0 Å². The van der Waals surface area contributed by atoms with Gasteiger partial charge >= 0.3 is 0 Å². The van der Waals surface area contributed by atoms with Crippen molar-refractivity contribution in [2.45, 2.75) is 23.6 Å². The molecular formula is C18H17N3S. The van der Waals surface area contributed by atoms with E-state index >= 15 is 0 Å². The van der Waals surface area contributed by atoms with Crippen molar-refractivity contribution in [1.82, 2.24) is 9.97 Å². The molecule has 0 unspecified atom stereocenters. The summed E-state index contributed by atoms with van der Waals surface area (Å²) < 4.78 is 0. The van der Waals surface area contributed by atoms with Crippen LogP contribution in [0.5, 0.6) is 0 Å². The van der Waals surface area contributed by atoms with Crippen LogP contribution in [0.1, 0.15) is 11.1 Å². The van der Waals surface area contributed by atoms with Gasteiger partial charge in [-0.05, 0) is 49.2 Å². The third kappa shape index (κ3) is 3.46. The second-order valence-electron chi connectivity index (χ2n) is 5.07. The molecule has 0 aliphatic heterocycles. The van der Waals surface area contributed by atoms with Crippen molar-refractivity contribution < 1.29 is 0 Å². The average Bonchev–Trinajstić information content (AvgIpc) is 2.53. The zero-order valence-corrected chi connectivity index (χ0v) is 13.4. The average molecular weight is 307 g/mol. The third-order valence-electron chi connectivity index (χ3n) is 3.22. The van der Waals surface area contributed by atoms with Crippen LogP contribution >= 0.6 is 11.8 Å². The van der Waals surface area contributed by atoms with E-state index in [-0.39, 0.29) is 0 Å². The molecule has 0 bridgehead atoms. The molecule has 3 aromatic rings. The van der Waals surface area contributed by atoms with Crippen LogP contribution in [0.2, 0.25) is 0 Å². The predicted molar refractivity (Wildman–Crippen MR) is 91.8 cm³/mol. The topological polar surface area (TPSA) is 37.8 Å². The molecule has 1 N–H and O–H groups in total. The minimum absolute atomic E-state index is 0.615. The molecule has 0 aliphatic rings. The van der Waals surface area contributed by atoms with Crippen LogP contribution < -0.4 is 5.32 Å².